The minimum absolute atomic E-state index is 0.108. The molecule has 4 aromatic rings. The lowest BCUT2D eigenvalue weighted by molar-refractivity contribution is -0.118. The predicted molar refractivity (Wildman–Crippen MR) is 114 cm³/mol. The van der Waals surface area contributed by atoms with E-state index in [0.717, 1.165) is 11.1 Å². The normalized spacial score (nSPS) is 10.7. The first-order chi connectivity index (χ1) is 14.7. The minimum atomic E-state index is -0.327. The number of benzene rings is 2. The van der Waals surface area contributed by atoms with Crippen molar-refractivity contribution < 1.29 is 9.18 Å². The van der Waals surface area contributed by atoms with Gasteiger partial charge in [-0.25, -0.2) is 4.39 Å². The number of halogens is 1. The van der Waals surface area contributed by atoms with Crippen LogP contribution in [0.5, 0.6) is 0 Å². The van der Waals surface area contributed by atoms with E-state index in [9.17, 15) is 9.18 Å². The van der Waals surface area contributed by atoms with Gasteiger partial charge in [0, 0.05) is 30.2 Å². The molecule has 0 saturated carbocycles. The summed E-state index contributed by atoms with van der Waals surface area (Å²) in [5.74, 6) is 0.341. The lowest BCUT2D eigenvalue weighted by atomic mass is 10.2. The van der Waals surface area contributed by atoms with Gasteiger partial charge in [-0.15, -0.1) is 10.2 Å². The average molecular weight is 419 g/mol. The van der Waals surface area contributed by atoms with Crippen molar-refractivity contribution in [2.24, 2.45) is 0 Å². The Balaban J connectivity index is 1.53. The third-order valence-electron chi connectivity index (χ3n) is 4.32. The highest BCUT2D eigenvalue weighted by Gasteiger charge is 2.17. The summed E-state index contributed by atoms with van der Waals surface area (Å²) in [5.41, 5.74) is 2.56. The summed E-state index contributed by atoms with van der Waals surface area (Å²) in [6, 6.07) is 19.4. The fourth-order valence-corrected chi connectivity index (χ4v) is 3.63. The summed E-state index contributed by atoms with van der Waals surface area (Å²) >= 11 is 1.27. The van der Waals surface area contributed by atoms with Crippen molar-refractivity contribution >= 4 is 17.7 Å². The van der Waals surface area contributed by atoms with Crippen molar-refractivity contribution in [3.63, 3.8) is 0 Å². The van der Waals surface area contributed by atoms with E-state index in [0.29, 0.717) is 23.2 Å². The molecule has 2 aromatic heterocycles. The molecule has 150 valence electrons. The number of nitrogens with one attached hydrogen (secondary N) is 1. The number of rotatable bonds is 7. The maximum absolute atomic E-state index is 13.4. The van der Waals surface area contributed by atoms with Gasteiger partial charge >= 0.3 is 0 Å². The molecule has 1 N–H and O–H groups in total. The predicted octanol–water partition coefficient (Wildman–Crippen LogP) is 3.88. The van der Waals surface area contributed by atoms with Gasteiger partial charge in [0.25, 0.3) is 0 Å². The highest BCUT2D eigenvalue weighted by molar-refractivity contribution is 7.99. The van der Waals surface area contributed by atoms with E-state index < -0.39 is 0 Å². The van der Waals surface area contributed by atoms with Crippen LogP contribution in [-0.4, -0.2) is 31.4 Å². The third kappa shape index (κ3) is 4.72. The first kappa shape index (κ1) is 19.8. The minimum Gasteiger partial charge on any atom is -0.351 e. The molecule has 0 fully saturated rings. The maximum atomic E-state index is 13.4. The topological polar surface area (TPSA) is 72.7 Å². The molecule has 0 aliphatic carbocycles. The van der Waals surface area contributed by atoms with Crippen molar-refractivity contribution in [2.45, 2.75) is 11.7 Å². The van der Waals surface area contributed by atoms with Crippen molar-refractivity contribution in [3.05, 3.63) is 90.5 Å². The number of hydrogen-bond acceptors (Lipinski definition) is 5. The Morgan fingerprint density at radius 3 is 2.43 bits per heavy atom. The Kier molecular flexibility index (Phi) is 6.14. The highest BCUT2D eigenvalue weighted by Crippen LogP contribution is 2.27. The zero-order valence-corrected chi connectivity index (χ0v) is 16.7. The van der Waals surface area contributed by atoms with Gasteiger partial charge in [-0.05, 0) is 42.0 Å². The van der Waals surface area contributed by atoms with Crippen LogP contribution in [-0.2, 0) is 11.3 Å². The molecule has 0 bridgehead atoms. The molecule has 0 unspecified atom stereocenters. The number of aromatic nitrogens is 4. The summed E-state index contributed by atoms with van der Waals surface area (Å²) in [4.78, 5) is 16.3. The molecule has 0 atom stereocenters. The fraction of sp³-hybridized carbons (Fsp3) is 0.0909. The second kappa shape index (κ2) is 9.32. The highest BCUT2D eigenvalue weighted by atomic mass is 32.2. The second-order valence-electron chi connectivity index (χ2n) is 6.40. The van der Waals surface area contributed by atoms with Crippen LogP contribution in [0.2, 0.25) is 0 Å². The van der Waals surface area contributed by atoms with Gasteiger partial charge in [0.15, 0.2) is 11.0 Å². The maximum Gasteiger partial charge on any atom is 0.230 e. The van der Waals surface area contributed by atoms with E-state index in [4.69, 9.17) is 0 Å². The number of carbonyl (C=O) groups excluding carboxylic acids is 1. The molecule has 0 radical (unpaired) electrons. The van der Waals surface area contributed by atoms with Gasteiger partial charge < -0.3 is 5.32 Å². The molecular weight excluding hydrogens is 401 g/mol. The molecule has 8 heteroatoms. The molecule has 1 amide bonds. The van der Waals surface area contributed by atoms with Crippen LogP contribution in [0.4, 0.5) is 4.39 Å². The van der Waals surface area contributed by atoms with Crippen LogP contribution in [0, 0.1) is 5.82 Å². The van der Waals surface area contributed by atoms with Gasteiger partial charge in [-0.1, -0.05) is 42.1 Å². The van der Waals surface area contributed by atoms with E-state index in [1.807, 2.05) is 47.0 Å². The first-order valence-electron chi connectivity index (χ1n) is 9.26. The summed E-state index contributed by atoms with van der Waals surface area (Å²) in [6.07, 6.45) is 3.34. The van der Waals surface area contributed by atoms with Crippen molar-refractivity contribution in [2.75, 3.05) is 5.75 Å². The Morgan fingerprint density at radius 1 is 0.967 bits per heavy atom. The number of carbonyl (C=O) groups is 1. The molecule has 0 aliphatic rings. The van der Waals surface area contributed by atoms with Crippen molar-refractivity contribution in [1.29, 1.82) is 0 Å². The Bertz CT molecular complexity index is 1120. The molecule has 0 saturated heterocycles. The first-order valence-corrected chi connectivity index (χ1v) is 10.2. The fourth-order valence-electron chi connectivity index (χ4n) is 2.85. The van der Waals surface area contributed by atoms with E-state index in [1.54, 1.807) is 24.5 Å². The van der Waals surface area contributed by atoms with Crippen LogP contribution >= 0.6 is 11.8 Å². The molecule has 0 aliphatic heterocycles. The zero-order valence-electron chi connectivity index (χ0n) is 15.9. The lowest BCUT2D eigenvalue weighted by Gasteiger charge is -2.10. The summed E-state index contributed by atoms with van der Waals surface area (Å²) in [5, 5.41) is 12.0. The molecule has 4 rings (SSSR count). The largest absolute Gasteiger partial charge is 0.351 e. The average Bonchev–Trinajstić information content (AvgIpc) is 3.22. The van der Waals surface area contributed by atoms with Gasteiger partial charge in [0.1, 0.15) is 5.82 Å². The van der Waals surface area contributed by atoms with Gasteiger partial charge in [0.2, 0.25) is 5.91 Å². The molecule has 30 heavy (non-hydrogen) atoms. The molecule has 0 spiro atoms. The number of nitrogens with zero attached hydrogens (tertiary/aromatic N) is 4. The van der Waals surface area contributed by atoms with Crippen LogP contribution in [0.25, 0.3) is 17.1 Å². The standard InChI is InChI=1S/C22H18FN5OS/c23-18-6-8-19(9-7-18)28-21(17-10-12-24-13-11-17)26-27-22(28)30-15-20(29)25-14-16-4-2-1-3-5-16/h1-13H,14-15H2,(H,25,29). The van der Waals surface area contributed by atoms with E-state index in [2.05, 4.69) is 20.5 Å². The number of pyridine rings is 1. The molecule has 6 nitrogen and oxygen atoms in total. The number of hydrogen-bond donors (Lipinski definition) is 1. The summed E-state index contributed by atoms with van der Waals surface area (Å²) in [7, 11) is 0. The van der Waals surface area contributed by atoms with Gasteiger partial charge in [-0.3, -0.25) is 14.3 Å². The van der Waals surface area contributed by atoms with E-state index >= 15 is 0 Å². The monoisotopic (exact) mass is 419 g/mol. The van der Waals surface area contributed by atoms with Crippen LogP contribution in [0.15, 0.2) is 84.3 Å². The SMILES string of the molecule is O=C(CSc1nnc(-c2ccncc2)n1-c1ccc(F)cc1)NCc1ccccc1. The number of thioether (sulfide) groups is 1. The van der Waals surface area contributed by atoms with Gasteiger partial charge in [-0.2, -0.15) is 0 Å². The van der Waals surface area contributed by atoms with Crippen LogP contribution in [0.3, 0.4) is 0 Å². The van der Waals surface area contributed by atoms with E-state index in [-0.39, 0.29) is 17.5 Å². The number of amides is 1. The third-order valence-corrected chi connectivity index (χ3v) is 5.25. The van der Waals surface area contributed by atoms with Crippen molar-refractivity contribution in [1.82, 2.24) is 25.1 Å². The second-order valence-corrected chi connectivity index (χ2v) is 7.35. The quantitative estimate of drug-likeness (QED) is 0.460. The lowest BCUT2D eigenvalue weighted by Crippen LogP contribution is -2.24. The van der Waals surface area contributed by atoms with Gasteiger partial charge in [0.05, 0.1) is 5.75 Å². The van der Waals surface area contributed by atoms with E-state index in [1.165, 1.54) is 23.9 Å². The van der Waals surface area contributed by atoms with Crippen LogP contribution in [0.1, 0.15) is 5.56 Å². The smallest absolute Gasteiger partial charge is 0.230 e. The summed E-state index contributed by atoms with van der Waals surface area (Å²) < 4.78 is 15.2. The van der Waals surface area contributed by atoms with Crippen molar-refractivity contribution in [3.8, 4) is 17.1 Å². The Hall–Kier alpha value is -3.52. The Labute approximate surface area is 177 Å². The molecular formula is C22H18FN5OS. The zero-order chi connectivity index (χ0) is 20.8. The molecule has 2 aromatic carbocycles. The summed E-state index contributed by atoms with van der Waals surface area (Å²) in [6.45, 7) is 0.465. The molecule has 2 heterocycles. The van der Waals surface area contributed by atoms with Crippen LogP contribution < -0.4 is 5.32 Å². The Morgan fingerprint density at radius 2 is 1.70 bits per heavy atom.